The molecule has 2 rings (SSSR count). The number of carbonyl (C=O) groups is 1. The van der Waals surface area contributed by atoms with Crippen molar-refractivity contribution in [2.24, 2.45) is 10.7 Å². The van der Waals surface area contributed by atoms with E-state index in [2.05, 4.69) is 25.6 Å². The molecule has 9 nitrogen and oxygen atoms in total. The van der Waals surface area contributed by atoms with Crippen LogP contribution in [0.25, 0.3) is 11.4 Å². The average Bonchev–Trinajstić information content (AvgIpc) is 3.05. The maximum Gasteiger partial charge on any atom is 0.302 e. The minimum absolute atomic E-state index is 0.111. The zero-order valence-corrected chi connectivity index (χ0v) is 14.3. The van der Waals surface area contributed by atoms with E-state index in [0.29, 0.717) is 31.1 Å². The summed E-state index contributed by atoms with van der Waals surface area (Å²) in [6, 6.07) is 5.70. The third-order valence-corrected chi connectivity index (χ3v) is 3.12. The van der Waals surface area contributed by atoms with Crippen LogP contribution in [0, 0.1) is 0 Å². The van der Waals surface area contributed by atoms with Gasteiger partial charge in [0, 0.05) is 27.2 Å². The summed E-state index contributed by atoms with van der Waals surface area (Å²) >= 11 is 0. The number of ether oxygens (including phenoxy) is 1. The van der Waals surface area contributed by atoms with E-state index >= 15 is 0 Å². The van der Waals surface area contributed by atoms with Crippen molar-refractivity contribution >= 4 is 17.9 Å². The molecule has 0 aliphatic rings. The van der Waals surface area contributed by atoms with Crippen molar-refractivity contribution in [3.05, 3.63) is 30.2 Å². The largest absolute Gasteiger partial charge is 0.431 e. The molecule has 0 unspecified atom stereocenters. The molecule has 0 aliphatic carbocycles. The number of guanidine groups is 1. The molecule has 1 amide bonds. The number of aliphatic imine (C=N–C) groups is 1. The van der Waals surface area contributed by atoms with Gasteiger partial charge in [-0.2, -0.15) is 4.98 Å². The van der Waals surface area contributed by atoms with Crippen molar-refractivity contribution in [1.29, 1.82) is 0 Å². The molecule has 0 saturated heterocycles. The summed E-state index contributed by atoms with van der Waals surface area (Å²) in [5, 5.41) is 5.49. The molecule has 2 aromatic rings. The van der Waals surface area contributed by atoms with E-state index in [1.54, 1.807) is 13.2 Å². The van der Waals surface area contributed by atoms with Crippen LogP contribution in [0.4, 0.5) is 6.01 Å². The third kappa shape index (κ3) is 6.22. The molecule has 0 saturated carbocycles. The molecular formula is C16H22N6O3. The van der Waals surface area contributed by atoms with Crippen LogP contribution in [0.1, 0.15) is 19.0 Å². The fourth-order valence-electron chi connectivity index (χ4n) is 1.94. The Balaban J connectivity index is 1.98. The maximum atomic E-state index is 11.0. The summed E-state index contributed by atoms with van der Waals surface area (Å²) in [5.41, 5.74) is 7.69. The second-order valence-electron chi connectivity index (χ2n) is 5.20. The molecule has 0 atom stereocenters. The predicted molar refractivity (Wildman–Crippen MR) is 93.9 cm³/mol. The Labute approximate surface area is 145 Å². The number of methoxy groups -OCH3 is 1. The number of carbonyl (C=O) groups excluding carboxylic acids is 1. The maximum absolute atomic E-state index is 11.0. The van der Waals surface area contributed by atoms with Crippen LogP contribution in [-0.2, 0) is 16.1 Å². The Morgan fingerprint density at radius 3 is 2.96 bits per heavy atom. The standard InChI is InChI=1S/C16H22N6O3/c1-11(23)19-9-12-5-3-6-13(20-12)14-10-25-16(21-14)22-15(17)18-7-4-8-24-2/h3,5-6,10H,4,7-9H2,1-2H3,(H,19,23)(H3,17,18,21,22). The van der Waals surface area contributed by atoms with Crippen LogP contribution in [-0.4, -0.2) is 42.1 Å². The molecule has 0 bridgehead atoms. The molecule has 0 fully saturated rings. The van der Waals surface area contributed by atoms with E-state index in [-0.39, 0.29) is 17.9 Å². The second kappa shape index (κ2) is 9.38. The molecule has 9 heteroatoms. The van der Waals surface area contributed by atoms with E-state index < -0.39 is 0 Å². The Hall–Kier alpha value is -2.94. The van der Waals surface area contributed by atoms with Gasteiger partial charge in [-0.05, 0) is 18.6 Å². The van der Waals surface area contributed by atoms with Gasteiger partial charge in [0.25, 0.3) is 0 Å². The van der Waals surface area contributed by atoms with Gasteiger partial charge in [-0.3, -0.25) is 15.1 Å². The van der Waals surface area contributed by atoms with Gasteiger partial charge in [0.1, 0.15) is 12.0 Å². The first-order chi connectivity index (χ1) is 12.1. The van der Waals surface area contributed by atoms with Gasteiger partial charge in [0.2, 0.25) is 5.91 Å². The lowest BCUT2D eigenvalue weighted by molar-refractivity contribution is -0.119. The summed E-state index contributed by atoms with van der Waals surface area (Å²) in [5.74, 6) is 0.109. The fourth-order valence-corrected chi connectivity index (χ4v) is 1.94. The smallest absolute Gasteiger partial charge is 0.302 e. The van der Waals surface area contributed by atoms with Crippen molar-refractivity contribution in [2.75, 3.05) is 25.6 Å². The summed E-state index contributed by atoms with van der Waals surface area (Å²) in [6.45, 7) is 2.99. The van der Waals surface area contributed by atoms with Gasteiger partial charge in [-0.1, -0.05) is 6.07 Å². The molecule has 134 valence electrons. The highest BCUT2D eigenvalue weighted by atomic mass is 16.5. The van der Waals surface area contributed by atoms with Gasteiger partial charge in [-0.15, -0.1) is 0 Å². The van der Waals surface area contributed by atoms with Crippen molar-refractivity contribution < 1.29 is 13.9 Å². The summed E-state index contributed by atoms with van der Waals surface area (Å²) < 4.78 is 10.3. The minimum atomic E-state index is -0.111. The summed E-state index contributed by atoms with van der Waals surface area (Å²) in [7, 11) is 1.64. The highest BCUT2D eigenvalue weighted by molar-refractivity contribution is 5.90. The number of oxazole rings is 1. The molecule has 0 radical (unpaired) electrons. The zero-order valence-electron chi connectivity index (χ0n) is 14.3. The molecule has 2 heterocycles. The Morgan fingerprint density at radius 1 is 1.36 bits per heavy atom. The normalized spacial score (nSPS) is 11.4. The molecule has 0 spiro atoms. The van der Waals surface area contributed by atoms with Crippen LogP contribution in [0.15, 0.2) is 33.9 Å². The number of aromatic nitrogens is 2. The third-order valence-electron chi connectivity index (χ3n) is 3.12. The van der Waals surface area contributed by atoms with Crippen molar-refractivity contribution in [3.8, 4) is 11.4 Å². The number of hydrogen-bond acceptors (Lipinski definition) is 6. The van der Waals surface area contributed by atoms with Crippen LogP contribution in [0.5, 0.6) is 0 Å². The van der Waals surface area contributed by atoms with Gasteiger partial charge in [0.15, 0.2) is 5.96 Å². The SMILES string of the molecule is COCCCN=C(N)Nc1nc(-c2cccc(CNC(C)=O)n2)co1. The number of nitrogens with two attached hydrogens (primary N) is 1. The number of nitrogens with one attached hydrogen (secondary N) is 2. The van der Waals surface area contributed by atoms with E-state index in [1.165, 1.54) is 13.2 Å². The van der Waals surface area contributed by atoms with Crippen LogP contribution < -0.4 is 16.4 Å². The Bertz CT molecular complexity index is 728. The van der Waals surface area contributed by atoms with E-state index in [1.807, 2.05) is 12.1 Å². The Kier molecular flexibility index (Phi) is 6.90. The Morgan fingerprint density at radius 2 is 2.20 bits per heavy atom. The van der Waals surface area contributed by atoms with Crippen molar-refractivity contribution in [2.45, 2.75) is 19.9 Å². The topological polar surface area (TPSA) is 128 Å². The highest BCUT2D eigenvalue weighted by Gasteiger charge is 2.09. The first-order valence-electron chi connectivity index (χ1n) is 7.80. The number of rotatable bonds is 8. The molecular weight excluding hydrogens is 324 g/mol. The summed E-state index contributed by atoms with van der Waals surface area (Å²) in [6.07, 6.45) is 2.26. The van der Waals surface area contributed by atoms with Gasteiger partial charge < -0.3 is 20.2 Å². The second-order valence-corrected chi connectivity index (χ2v) is 5.20. The first-order valence-corrected chi connectivity index (χ1v) is 7.80. The number of anilines is 1. The van der Waals surface area contributed by atoms with Crippen molar-refractivity contribution in [3.63, 3.8) is 0 Å². The highest BCUT2D eigenvalue weighted by Crippen LogP contribution is 2.19. The minimum Gasteiger partial charge on any atom is -0.431 e. The van der Waals surface area contributed by atoms with E-state index in [4.69, 9.17) is 14.9 Å². The van der Waals surface area contributed by atoms with E-state index in [9.17, 15) is 4.79 Å². The quantitative estimate of drug-likeness (QED) is 0.371. The number of nitrogens with zero attached hydrogens (tertiary/aromatic N) is 3. The number of amides is 1. The lowest BCUT2D eigenvalue weighted by atomic mass is 10.2. The van der Waals surface area contributed by atoms with E-state index in [0.717, 1.165) is 12.1 Å². The van der Waals surface area contributed by atoms with Crippen molar-refractivity contribution in [1.82, 2.24) is 15.3 Å². The lowest BCUT2D eigenvalue weighted by Gasteiger charge is -2.03. The van der Waals surface area contributed by atoms with Crippen LogP contribution >= 0.6 is 0 Å². The van der Waals surface area contributed by atoms with Gasteiger partial charge in [0.05, 0.1) is 17.9 Å². The number of pyridine rings is 1. The zero-order chi connectivity index (χ0) is 18.1. The average molecular weight is 346 g/mol. The number of hydrogen-bond donors (Lipinski definition) is 3. The molecule has 4 N–H and O–H groups in total. The first kappa shape index (κ1) is 18.4. The molecule has 25 heavy (non-hydrogen) atoms. The predicted octanol–water partition coefficient (Wildman–Crippen LogP) is 1.14. The summed E-state index contributed by atoms with van der Waals surface area (Å²) in [4.78, 5) is 23.9. The molecule has 2 aromatic heterocycles. The van der Waals surface area contributed by atoms with Gasteiger partial charge in [-0.25, -0.2) is 4.98 Å². The lowest BCUT2D eigenvalue weighted by Crippen LogP contribution is -2.23. The molecule has 0 aliphatic heterocycles. The molecule has 0 aromatic carbocycles. The van der Waals surface area contributed by atoms with Crippen LogP contribution in [0.2, 0.25) is 0 Å². The van der Waals surface area contributed by atoms with Gasteiger partial charge >= 0.3 is 6.01 Å². The monoisotopic (exact) mass is 346 g/mol. The van der Waals surface area contributed by atoms with Crippen LogP contribution in [0.3, 0.4) is 0 Å². The fraction of sp³-hybridized carbons (Fsp3) is 0.375.